The number of anilines is 1. The molecule has 0 aliphatic heterocycles. The first kappa shape index (κ1) is 25.4. The van der Waals surface area contributed by atoms with E-state index in [-0.39, 0.29) is 12.5 Å². The van der Waals surface area contributed by atoms with Crippen LogP contribution in [-0.4, -0.2) is 15.7 Å². The fourth-order valence-corrected chi connectivity index (χ4v) is 4.25. The van der Waals surface area contributed by atoms with Gasteiger partial charge in [-0.05, 0) is 61.4 Å². The summed E-state index contributed by atoms with van der Waals surface area (Å²) < 4.78 is 7.61. The Bertz CT molecular complexity index is 1400. The minimum atomic E-state index is -0.243. The first-order valence-electron chi connectivity index (χ1n) is 10.7. The van der Waals surface area contributed by atoms with Gasteiger partial charge in [0.05, 0.1) is 38.7 Å². The zero-order valence-corrected chi connectivity index (χ0v) is 21.9. The number of ether oxygens (including phenoxy) is 1. The Morgan fingerprint density at radius 3 is 2.46 bits per heavy atom. The van der Waals surface area contributed by atoms with Gasteiger partial charge in [-0.25, -0.2) is 0 Å². The van der Waals surface area contributed by atoms with Crippen molar-refractivity contribution in [3.8, 4) is 5.75 Å². The number of nitrogens with one attached hydrogen (secondary N) is 1. The van der Waals surface area contributed by atoms with E-state index in [1.165, 1.54) is 0 Å². The molecule has 0 aliphatic rings. The van der Waals surface area contributed by atoms with Crippen LogP contribution in [0.2, 0.25) is 20.1 Å². The van der Waals surface area contributed by atoms with Crippen LogP contribution in [0.5, 0.6) is 5.75 Å². The van der Waals surface area contributed by atoms with Gasteiger partial charge in [0.15, 0.2) is 0 Å². The molecular weight excluding hydrogens is 528 g/mol. The van der Waals surface area contributed by atoms with Gasteiger partial charge in [0.1, 0.15) is 17.4 Å². The number of nitrogens with zero attached hydrogens (tertiary/aromatic N) is 2. The third-order valence-electron chi connectivity index (χ3n) is 5.44. The van der Waals surface area contributed by atoms with E-state index in [0.717, 1.165) is 16.8 Å². The molecule has 180 valence electrons. The quantitative estimate of drug-likeness (QED) is 0.254. The maximum absolute atomic E-state index is 13.0. The number of benzene rings is 3. The van der Waals surface area contributed by atoms with E-state index >= 15 is 0 Å². The van der Waals surface area contributed by atoms with Crippen molar-refractivity contribution in [1.82, 2.24) is 9.78 Å². The second kappa shape index (κ2) is 10.9. The fraction of sp³-hybridized carbons (Fsp3) is 0.154. The van der Waals surface area contributed by atoms with Crippen molar-refractivity contribution in [2.75, 3.05) is 5.32 Å². The lowest BCUT2D eigenvalue weighted by atomic mass is 10.1. The van der Waals surface area contributed by atoms with Gasteiger partial charge < -0.3 is 10.1 Å². The highest BCUT2D eigenvalue weighted by Gasteiger charge is 2.16. The van der Waals surface area contributed by atoms with Gasteiger partial charge in [-0.2, -0.15) is 5.10 Å². The van der Waals surface area contributed by atoms with Crippen LogP contribution in [0.1, 0.15) is 32.9 Å². The standard InChI is InChI=1S/C26H21Cl4N3O2/c1-15-25(16(2)33(32-15)13-17-9-10-20(27)22(29)12-17)31-26(34)19-6-3-5-18(11-19)14-35-23-8-4-7-21(28)24(23)30/h3-12H,13-14H2,1-2H3,(H,31,34). The summed E-state index contributed by atoms with van der Waals surface area (Å²) in [6.45, 7) is 4.50. The minimum absolute atomic E-state index is 0.237. The Hall–Kier alpha value is -2.70. The number of hydrogen-bond donors (Lipinski definition) is 1. The van der Waals surface area contributed by atoms with E-state index < -0.39 is 0 Å². The van der Waals surface area contributed by atoms with Crippen LogP contribution >= 0.6 is 46.4 Å². The molecule has 3 aromatic carbocycles. The molecule has 1 N–H and O–H groups in total. The van der Waals surface area contributed by atoms with E-state index in [4.69, 9.17) is 51.1 Å². The summed E-state index contributed by atoms with van der Waals surface area (Å²) >= 11 is 24.4. The van der Waals surface area contributed by atoms with E-state index in [1.54, 1.807) is 42.5 Å². The Morgan fingerprint density at radius 2 is 1.69 bits per heavy atom. The van der Waals surface area contributed by atoms with Gasteiger partial charge in [-0.1, -0.05) is 70.7 Å². The Labute approximate surface area is 223 Å². The summed E-state index contributed by atoms with van der Waals surface area (Å²) in [7, 11) is 0. The third-order valence-corrected chi connectivity index (χ3v) is 6.98. The number of aryl methyl sites for hydroxylation is 1. The number of hydrogen-bond acceptors (Lipinski definition) is 3. The lowest BCUT2D eigenvalue weighted by Gasteiger charge is -2.11. The van der Waals surface area contributed by atoms with Crippen molar-refractivity contribution >= 4 is 58.0 Å². The van der Waals surface area contributed by atoms with Crippen LogP contribution < -0.4 is 10.1 Å². The molecule has 1 amide bonds. The maximum atomic E-state index is 13.0. The minimum Gasteiger partial charge on any atom is -0.487 e. The molecule has 0 fully saturated rings. The number of carbonyl (C=O) groups excluding carboxylic acids is 1. The summed E-state index contributed by atoms with van der Waals surface area (Å²) in [5, 5.41) is 9.33. The number of aromatic nitrogens is 2. The van der Waals surface area contributed by atoms with Gasteiger partial charge in [0.25, 0.3) is 5.91 Å². The molecule has 1 aromatic heterocycles. The lowest BCUT2D eigenvalue weighted by molar-refractivity contribution is 0.102. The predicted molar refractivity (Wildman–Crippen MR) is 142 cm³/mol. The zero-order valence-electron chi connectivity index (χ0n) is 18.9. The predicted octanol–water partition coefficient (Wildman–Crippen LogP) is 7.99. The molecule has 35 heavy (non-hydrogen) atoms. The molecule has 0 saturated carbocycles. The smallest absolute Gasteiger partial charge is 0.255 e. The average Bonchev–Trinajstić information content (AvgIpc) is 3.09. The Balaban J connectivity index is 1.47. The topological polar surface area (TPSA) is 56.2 Å². The molecule has 9 heteroatoms. The highest BCUT2D eigenvalue weighted by Crippen LogP contribution is 2.32. The van der Waals surface area contributed by atoms with Gasteiger partial charge in [-0.15, -0.1) is 0 Å². The summed E-state index contributed by atoms with van der Waals surface area (Å²) in [5.41, 5.74) is 4.48. The molecule has 0 saturated heterocycles. The monoisotopic (exact) mass is 547 g/mol. The van der Waals surface area contributed by atoms with Gasteiger partial charge >= 0.3 is 0 Å². The third kappa shape index (κ3) is 5.93. The van der Waals surface area contributed by atoms with E-state index in [0.29, 0.717) is 49.3 Å². The largest absolute Gasteiger partial charge is 0.487 e. The van der Waals surface area contributed by atoms with Crippen molar-refractivity contribution in [2.45, 2.75) is 27.0 Å². The average molecular weight is 549 g/mol. The van der Waals surface area contributed by atoms with Crippen molar-refractivity contribution in [2.24, 2.45) is 0 Å². The molecular formula is C26H21Cl4N3O2. The highest BCUT2D eigenvalue weighted by molar-refractivity contribution is 6.43. The molecule has 0 atom stereocenters. The first-order valence-corrected chi connectivity index (χ1v) is 12.2. The summed E-state index contributed by atoms with van der Waals surface area (Å²) in [6.07, 6.45) is 0. The summed E-state index contributed by atoms with van der Waals surface area (Å²) in [5.74, 6) is 0.239. The van der Waals surface area contributed by atoms with Gasteiger partial charge in [-0.3, -0.25) is 9.48 Å². The van der Waals surface area contributed by atoms with Crippen molar-refractivity contribution in [1.29, 1.82) is 0 Å². The lowest BCUT2D eigenvalue weighted by Crippen LogP contribution is -2.14. The van der Waals surface area contributed by atoms with Crippen molar-refractivity contribution in [3.05, 3.63) is 109 Å². The van der Waals surface area contributed by atoms with Crippen LogP contribution in [0.4, 0.5) is 5.69 Å². The van der Waals surface area contributed by atoms with E-state index in [2.05, 4.69) is 10.4 Å². The molecule has 4 aromatic rings. The normalized spacial score (nSPS) is 10.9. The number of carbonyl (C=O) groups is 1. The Morgan fingerprint density at radius 1 is 0.914 bits per heavy atom. The summed E-state index contributed by atoms with van der Waals surface area (Å²) in [4.78, 5) is 13.0. The molecule has 0 aliphatic carbocycles. The maximum Gasteiger partial charge on any atom is 0.255 e. The molecule has 0 bridgehead atoms. The van der Waals surface area contributed by atoms with E-state index in [9.17, 15) is 4.79 Å². The van der Waals surface area contributed by atoms with E-state index in [1.807, 2.05) is 36.7 Å². The second-order valence-electron chi connectivity index (χ2n) is 7.95. The highest BCUT2D eigenvalue weighted by atomic mass is 35.5. The second-order valence-corrected chi connectivity index (χ2v) is 9.55. The molecule has 0 radical (unpaired) electrons. The molecule has 0 spiro atoms. The van der Waals surface area contributed by atoms with Crippen LogP contribution in [0.15, 0.2) is 60.7 Å². The first-order chi connectivity index (χ1) is 16.7. The van der Waals surface area contributed by atoms with Crippen molar-refractivity contribution < 1.29 is 9.53 Å². The zero-order chi connectivity index (χ0) is 25.1. The van der Waals surface area contributed by atoms with Crippen LogP contribution in [0.3, 0.4) is 0 Å². The number of halogens is 4. The fourth-order valence-electron chi connectivity index (χ4n) is 3.59. The molecule has 0 unspecified atom stereocenters. The molecule has 4 rings (SSSR count). The van der Waals surface area contributed by atoms with Crippen molar-refractivity contribution in [3.63, 3.8) is 0 Å². The van der Waals surface area contributed by atoms with Crippen LogP contribution in [-0.2, 0) is 13.2 Å². The SMILES string of the molecule is Cc1nn(Cc2ccc(Cl)c(Cl)c2)c(C)c1NC(=O)c1cccc(COc2cccc(Cl)c2Cl)c1. The van der Waals surface area contributed by atoms with Gasteiger partial charge in [0.2, 0.25) is 0 Å². The Kier molecular flexibility index (Phi) is 7.92. The molecule has 5 nitrogen and oxygen atoms in total. The van der Waals surface area contributed by atoms with Crippen LogP contribution in [0.25, 0.3) is 0 Å². The van der Waals surface area contributed by atoms with Crippen LogP contribution in [0, 0.1) is 13.8 Å². The molecule has 1 heterocycles. The van der Waals surface area contributed by atoms with Gasteiger partial charge in [0, 0.05) is 5.56 Å². The summed E-state index contributed by atoms with van der Waals surface area (Å²) in [6, 6.07) is 17.9. The number of amides is 1. The number of rotatable bonds is 7.